The molecule has 72 valence electrons. The Hall–Kier alpha value is -0.830. The van der Waals surface area contributed by atoms with Crippen LogP contribution in [0.1, 0.15) is 36.0 Å². The van der Waals surface area contributed by atoms with Gasteiger partial charge in [-0.2, -0.15) is 0 Å². The Kier molecular flexibility index (Phi) is 2.76. The van der Waals surface area contributed by atoms with E-state index in [2.05, 4.69) is 0 Å². The zero-order valence-electron chi connectivity index (χ0n) is 8.38. The van der Waals surface area contributed by atoms with Crippen molar-refractivity contribution in [2.75, 3.05) is 0 Å². The molecule has 0 atom stereocenters. The molecule has 0 radical (unpaired) electrons. The predicted octanol–water partition coefficient (Wildman–Crippen LogP) is 3.01. The lowest BCUT2D eigenvalue weighted by Crippen LogP contribution is -2.23. The van der Waals surface area contributed by atoms with Crippen LogP contribution in [0.3, 0.4) is 0 Å². The van der Waals surface area contributed by atoms with Crippen LogP contribution in [-0.2, 0) is 4.74 Å². The van der Waals surface area contributed by atoms with Gasteiger partial charge in [0.1, 0.15) is 10.5 Å². The highest BCUT2D eigenvalue weighted by Gasteiger charge is 2.19. The second-order valence-electron chi connectivity index (χ2n) is 3.93. The van der Waals surface area contributed by atoms with Crippen molar-refractivity contribution in [1.29, 1.82) is 0 Å². The quantitative estimate of drug-likeness (QED) is 0.648. The van der Waals surface area contributed by atoms with E-state index in [4.69, 9.17) is 4.74 Å². The second kappa shape index (κ2) is 3.50. The van der Waals surface area contributed by atoms with Crippen molar-refractivity contribution in [1.82, 2.24) is 0 Å². The molecule has 1 aromatic heterocycles. The summed E-state index contributed by atoms with van der Waals surface area (Å²) in [5.74, 6) is -0.222. The molecule has 13 heavy (non-hydrogen) atoms. The van der Waals surface area contributed by atoms with Gasteiger partial charge in [0.2, 0.25) is 0 Å². The first-order valence-corrected chi connectivity index (χ1v) is 5.05. The molecule has 0 aliphatic carbocycles. The van der Waals surface area contributed by atoms with Gasteiger partial charge in [-0.25, -0.2) is 4.79 Å². The third-order valence-corrected chi connectivity index (χ3v) is 2.44. The largest absolute Gasteiger partial charge is 0.456 e. The Balaban J connectivity index is 2.76. The van der Waals surface area contributed by atoms with E-state index in [1.165, 1.54) is 11.3 Å². The normalized spacial score (nSPS) is 11.4. The lowest BCUT2D eigenvalue weighted by Gasteiger charge is -2.19. The van der Waals surface area contributed by atoms with Crippen molar-refractivity contribution < 1.29 is 9.53 Å². The van der Waals surface area contributed by atoms with E-state index >= 15 is 0 Å². The molecule has 0 spiro atoms. The zero-order chi connectivity index (χ0) is 10.1. The molecule has 1 aromatic rings. The first-order chi connectivity index (χ1) is 5.90. The van der Waals surface area contributed by atoms with Crippen LogP contribution < -0.4 is 0 Å². The fourth-order valence-corrected chi connectivity index (χ4v) is 1.71. The molecule has 0 saturated carbocycles. The number of rotatable bonds is 1. The molecule has 3 heteroatoms. The topological polar surface area (TPSA) is 26.3 Å². The van der Waals surface area contributed by atoms with Gasteiger partial charge in [-0.05, 0) is 44.7 Å². The molecule has 0 aromatic carbocycles. The molecule has 0 amide bonds. The minimum Gasteiger partial charge on any atom is -0.456 e. The molecule has 0 N–H and O–H groups in total. The molecule has 0 bridgehead atoms. The number of aryl methyl sites for hydroxylation is 1. The number of carbonyl (C=O) groups is 1. The summed E-state index contributed by atoms with van der Waals surface area (Å²) in [6.07, 6.45) is 0. The summed E-state index contributed by atoms with van der Waals surface area (Å²) in [5.41, 5.74) is 0.576. The maximum Gasteiger partial charge on any atom is 0.349 e. The summed E-state index contributed by atoms with van der Waals surface area (Å²) >= 11 is 1.42. The first kappa shape index (κ1) is 10.3. The van der Waals surface area contributed by atoms with Gasteiger partial charge in [-0.3, -0.25) is 0 Å². The molecule has 0 saturated heterocycles. The van der Waals surface area contributed by atoms with E-state index in [1.54, 1.807) is 0 Å². The van der Waals surface area contributed by atoms with Crippen molar-refractivity contribution in [2.45, 2.75) is 33.3 Å². The number of thiophene rings is 1. The molecule has 0 fully saturated rings. The van der Waals surface area contributed by atoms with Gasteiger partial charge in [0.25, 0.3) is 0 Å². The number of esters is 1. The highest BCUT2D eigenvalue weighted by molar-refractivity contribution is 7.12. The third kappa shape index (κ3) is 2.84. The van der Waals surface area contributed by atoms with Crippen LogP contribution in [0.4, 0.5) is 0 Å². The van der Waals surface area contributed by atoms with E-state index in [0.29, 0.717) is 4.88 Å². The van der Waals surface area contributed by atoms with Crippen LogP contribution in [-0.4, -0.2) is 11.6 Å². The lowest BCUT2D eigenvalue weighted by molar-refractivity contribution is 0.00746. The highest BCUT2D eigenvalue weighted by Crippen LogP contribution is 2.19. The maximum atomic E-state index is 11.5. The van der Waals surface area contributed by atoms with Gasteiger partial charge < -0.3 is 4.74 Å². The summed E-state index contributed by atoms with van der Waals surface area (Å²) in [4.78, 5) is 12.2. The Labute approximate surface area is 82.5 Å². The fraction of sp³-hybridized carbons (Fsp3) is 0.500. The Bertz CT molecular complexity index is 307. The monoisotopic (exact) mass is 198 g/mol. The lowest BCUT2D eigenvalue weighted by atomic mass is 10.2. The van der Waals surface area contributed by atoms with Crippen molar-refractivity contribution in [3.8, 4) is 0 Å². The van der Waals surface area contributed by atoms with Gasteiger partial charge in [0.15, 0.2) is 0 Å². The van der Waals surface area contributed by atoms with Gasteiger partial charge in [-0.1, -0.05) is 0 Å². The summed E-state index contributed by atoms with van der Waals surface area (Å²) < 4.78 is 5.23. The van der Waals surface area contributed by atoms with Gasteiger partial charge in [-0.15, -0.1) is 11.3 Å². The first-order valence-electron chi connectivity index (χ1n) is 4.17. The van der Waals surface area contributed by atoms with Crippen LogP contribution in [0.15, 0.2) is 11.4 Å². The van der Waals surface area contributed by atoms with E-state index in [-0.39, 0.29) is 5.97 Å². The summed E-state index contributed by atoms with van der Waals surface area (Å²) in [6.45, 7) is 7.52. The van der Waals surface area contributed by atoms with Crippen molar-refractivity contribution in [3.63, 3.8) is 0 Å². The molecular formula is C10H14O2S. The minimum atomic E-state index is -0.409. The van der Waals surface area contributed by atoms with E-state index in [0.717, 1.165) is 5.56 Å². The van der Waals surface area contributed by atoms with Crippen molar-refractivity contribution >= 4 is 17.3 Å². The molecule has 0 unspecified atom stereocenters. The molecule has 1 heterocycles. The minimum absolute atomic E-state index is 0.222. The van der Waals surface area contributed by atoms with Gasteiger partial charge in [0.05, 0.1) is 0 Å². The maximum absolute atomic E-state index is 11.5. The second-order valence-corrected chi connectivity index (χ2v) is 4.85. The molecule has 1 rings (SSSR count). The number of hydrogen-bond donors (Lipinski definition) is 0. The summed E-state index contributed by atoms with van der Waals surface area (Å²) in [6, 6.07) is 1.92. The van der Waals surface area contributed by atoms with Crippen LogP contribution >= 0.6 is 11.3 Å². The number of hydrogen-bond acceptors (Lipinski definition) is 3. The van der Waals surface area contributed by atoms with Gasteiger partial charge in [0, 0.05) is 0 Å². The zero-order valence-corrected chi connectivity index (χ0v) is 9.20. The van der Waals surface area contributed by atoms with Gasteiger partial charge >= 0.3 is 5.97 Å². The summed E-state index contributed by atoms with van der Waals surface area (Å²) in [7, 11) is 0. The van der Waals surface area contributed by atoms with E-state index < -0.39 is 5.60 Å². The molecule has 2 nitrogen and oxygen atoms in total. The fourth-order valence-electron chi connectivity index (χ4n) is 0.906. The van der Waals surface area contributed by atoms with Crippen molar-refractivity contribution in [3.05, 3.63) is 21.9 Å². The van der Waals surface area contributed by atoms with Crippen LogP contribution in [0.5, 0.6) is 0 Å². The summed E-state index contributed by atoms with van der Waals surface area (Å²) in [5, 5.41) is 1.90. The number of carbonyl (C=O) groups excluding carboxylic acids is 1. The number of ether oxygens (including phenoxy) is 1. The van der Waals surface area contributed by atoms with Crippen LogP contribution in [0.2, 0.25) is 0 Å². The van der Waals surface area contributed by atoms with Crippen LogP contribution in [0, 0.1) is 6.92 Å². The van der Waals surface area contributed by atoms with Crippen molar-refractivity contribution in [2.24, 2.45) is 0 Å². The third-order valence-electron chi connectivity index (χ3n) is 1.45. The van der Waals surface area contributed by atoms with E-state index in [1.807, 2.05) is 39.1 Å². The Morgan fingerprint density at radius 3 is 2.46 bits per heavy atom. The van der Waals surface area contributed by atoms with Crippen LogP contribution in [0.25, 0.3) is 0 Å². The smallest absolute Gasteiger partial charge is 0.349 e. The molecule has 0 aliphatic heterocycles. The highest BCUT2D eigenvalue weighted by atomic mass is 32.1. The van der Waals surface area contributed by atoms with E-state index in [9.17, 15) is 4.79 Å². The molecular weight excluding hydrogens is 184 g/mol. The Morgan fingerprint density at radius 2 is 2.08 bits per heavy atom. The average Bonchev–Trinajstić information content (AvgIpc) is 2.30. The Morgan fingerprint density at radius 1 is 1.46 bits per heavy atom. The SMILES string of the molecule is Cc1ccsc1C(=O)OC(C)(C)C. The molecule has 0 aliphatic rings. The average molecular weight is 198 g/mol. The standard InChI is InChI=1S/C10H14O2S/c1-7-5-6-13-8(7)9(11)12-10(2,3)4/h5-6H,1-4H3. The predicted molar refractivity (Wildman–Crippen MR) is 54.2 cm³/mol.